The van der Waals surface area contributed by atoms with Crippen LogP contribution in [0.3, 0.4) is 0 Å². The van der Waals surface area contributed by atoms with Crippen LogP contribution in [0.2, 0.25) is 0 Å². The molecule has 1 aromatic rings. The van der Waals surface area contributed by atoms with Crippen molar-refractivity contribution in [3.8, 4) is 0 Å². The van der Waals surface area contributed by atoms with Crippen LogP contribution in [0.15, 0.2) is 18.2 Å². The molecule has 4 heteroatoms. The van der Waals surface area contributed by atoms with Gasteiger partial charge in [0.2, 0.25) is 0 Å². The third kappa shape index (κ3) is 2.57. The van der Waals surface area contributed by atoms with E-state index in [2.05, 4.69) is 10.6 Å². The molecule has 2 nitrogen and oxygen atoms in total. The SMILES string of the molecule is CNC(c1cc(F)ccc1F)C(C)(C)NC. The highest BCUT2D eigenvalue weighted by Crippen LogP contribution is 2.27. The van der Waals surface area contributed by atoms with Crippen LogP contribution in [0.5, 0.6) is 0 Å². The first-order valence-electron chi connectivity index (χ1n) is 5.23. The lowest BCUT2D eigenvalue weighted by Crippen LogP contribution is -2.47. The van der Waals surface area contributed by atoms with Gasteiger partial charge < -0.3 is 10.6 Å². The lowest BCUT2D eigenvalue weighted by Gasteiger charge is -2.34. The summed E-state index contributed by atoms with van der Waals surface area (Å²) < 4.78 is 26.8. The Morgan fingerprint density at radius 3 is 2.31 bits per heavy atom. The predicted octanol–water partition coefficient (Wildman–Crippen LogP) is 2.22. The summed E-state index contributed by atoms with van der Waals surface area (Å²) in [5, 5.41) is 6.09. The average Bonchev–Trinajstić information content (AvgIpc) is 2.24. The number of hydrogen-bond donors (Lipinski definition) is 2. The third-order valence-corrected chi connectivity index (χ3v) is 2.92. The first-order chi connectivity index (χ1) is 7.42. The molecule has 0 radical (unpaired) electrons. The van der Waals surface area contributed by atoms with Crippen LogP contribution in [0, 0.1) is 11.6 Å². The van der Waals surface area contributed by atoms with Gasteiger partial charge in [0.05, 0.1) is 6.04 Å². The molecule has 0 bridgehead atoms. The van der Waals surface area contributed by atoms with Gasteiger partial charge in [0.15, 0.2) is 0 Å². The number of rotatable bonds is 4. The van der Waals surface area contributed by atoms with Gasteiger partial charge in [-0.05, 0) is 46.1 Å². The fourth-order valence-electron chi connectivity index (χ4n) is 1.79. The Labute approximate surface area is 95.1 Å². The van der Waals surface area contributed by atoms with Crippen molar-refractivity contribution < 1.29 is 8.78 Å². The summed E-state index contributed by atoms with van der Waals surface area (Å²) in [4.78, 5) is 0. The maximum atomic E-state index is 13.6. The minimum Gasteiger partial charge on any atom is -0.313 e. The van der Waals surface area contributed by atoms with Crippen LogP contribution in [-0.2, 0) is 0 Å². The summed E-state index contributed by atoms with van der Waals surface area (Å²) in [6, 6.07) is 3.21. The van der Waals surface area contributed by atoms with E-state index in [1.54, 1.807) is 14.1 Å². The lowest BCUT2D eigenvalue weighted by molar-refractivity contribution is 0.303. The molecule has 16 heavy (non-hydrogen) atoms. The monoisotopic (exact) mass is 228 g/mol. The van der Waals surface area contributed by atoms with Gasteiger partial charge in [-0.15, -0.1) is 0 Å². The molecule has 0 saturated carbocycles. The zero-order valence-electron chi connectivity index (χ0n) is 10.1. The van der Waals surface area contributed by atoms with Crippen molar-refractivity contribution in [3.05, 3.63) is 35.4 Å². The molecule has 1 unspecified atom stereocenters. The highest BCUT2D eigenvalue weighted by Gasteiger charge is 2.30. The fraction of sp³-hybridized carbons (Fsp3) is 0.500. The molecule has 0 saturated heterocycles. The highest BCUT2D eigenvalue weighted by atomic mass is 19.1. The molecule has 1 aromatic carbocycles. The Bertz CT molecular complexity index is 364. The van der Waals surface area contributed by atoms with Crippen LogP contribution < -0.4 is 10.6 Å². The van der Waals surface area contributed by atoms with Crippen LogP contribution in [0.1, 0.15) is 25.5 Å². The van der Waals surface area contributed by atoms with Gasteiger partial charge in [-0.1, -0.05) is 0 Å². The number of hydrogen-bond acceptors (Lipinski definition) is 2. The minimum atomic E-state index is -0.427. The standard InChI is InChI=1S/C12H18F2N2/c1-12(2,16-4)11(15-3)9-7-8(13)5-6-10(9)14/h5-7,11,15-16H,1-4H3. The van der Waals surface area contributed by atoms with Gasteiger partial charge in [0.25, 0.3) is 0 Å². The van der Waals surface area contributed by atoms with E-state index in [-0.39, 0.29) is 11.6 Å². The predicted molar refractivity (Wildman–Crippen MR) is 61.3 cm³/mol. The Hall–Kier alpha value is -1.00. The van der Waals surface area contributed by atoms with E-state index < -0.39 is 11.6 Å². The maximum absolute atomic E-state index is 13.6. The second kappa shape index (κ2) is 4.89. The summed E-state index contributed by atoms with van der Waals surface area (Å²) in [6.07, 6.45) is 0. The summed E-state index contributed by atoms with van der Waals surface area (Å²) in [7, 11) is 3.52. The molecule has 90 valence electrons. The van der Waals surface area contributed by atoms with E-state index >= 15 is 0 Å². The summed E-state index contributed by atoms with van der Waals surface area (Å²) in [6.45, 7) is 3.86. The Kier molecular flexibility index (Phi) is 3.99. The van der Waals surface area contributed by atoms with E-state index in [9.17, 15) is 8.78 Å². The summed E-state index contributed by atoms with van der Waals surface area (Å²) in [5.41, 5.74) is -0.0366. The molecule has 0 aromatic heterocycles. The molecule has 2 N–H and O–H groups in total. The number of nitrogens with one attached hydrogen (secondary N) is 2. The summed E-state index contributed by atoms with van der Waals surface area (Å²) >= 11 is 0. The first kappa shape index (κ1) is 13.1. The summed E-state index contributed by atoms with van der Waals surface area (Å²) in [5.74, 6) is -0.826. The number of benzene rings is 1. The molecule has 0 fully saturated rings. The van der Waals surface area contributed by atoms with Gasteiger partial charge in [-0.25, -0.2) is 8.78 Å². The van der Waals surface area contributed by atoms with Crippen LogP contribution >= 0.6 is 0 Å². The van der Waals surface area contributed by atoms with E-state index in [1.165, 1.54) is 6.07 Å². The molecule has 0 aliphatic heterocycles. The topological polar surface area (TPSA) is 24.1 Å². The van der Waals surface area contributed by atoms with Gasteiger partial charge in [0, 0.05) is 11.1 Å². The number of likely N-dealkylation sites (N-methyl/N-ethyl adjacent to an activating group) is 2. The fourth-order valence-corrected chi connectivity index (χ4v) is 1.79. The Morgan fingerprint density at radius 1 is 1.19 bits per heavy atom. The first-order valence-corrected chi connectivity index (χ1v) is 5.23. The molecular formula is C12H18F2N2. The van der Waals surface area contributed by atoms with Crippen molar-refractivity contribution >= 4 is 0 Å². The molecule has 1 rings (SSSR count). The second-order valence-corrected chi connectivity index (χ2v) is 4.36. The Morgan fingerprint density at radius 2 is 1.81 bits per heavy atom. The second-order valence-electron chi connectivity index (χ2n) is 4.36. The van der Waals surface area contributed by atoms with Crippen LogP contribution in [0.4, 0.5) is 8.78 Å². The van der Waals surface area contributed by atoms with Crippen molar-refractivity contribution in [2.24, 2.45) is 0 Å². The quantitative estimate of drug-likeness (QED) is 0.825. The smallest absolute Gasteiger partial charge is 0.128 e. The van der Waals surface area contributed by atoms with E-state index in [1.807, 2.05) is 13.8 Å². The van der Waals surface area contributed by atoms with Crippen molar-refractivity contribution in [2.45, 2.75) is 25.4 Å². The van der Waals surface area contributed by atoms with Gasteiger partial charge in [-0.2, -0.15) is 0 Å². The number of halogens is 2. The minimum absolute atomic E-state index is 0.298. The van der Waals surface area contributed by atoms with Crippen LogP contribution in [0.25, 0.3) is 0 Å². The van der Waals surface area contributed by atoms with E-state index in [0.29, 0.717) is 5.56 Å². The van der Waals surface area contributed by atoms with E-state index in [0.717, 1.165) is 12.1 Å². The molecule has 0 aliphatic rings. The average molecular weight is 228 g/mol. The molecule has 0 amide bonds. The van der Waals surface area contributed by atoms with E-state index in [4.69, 9.17) is 0 Å². The van der Waals surface area contributed by atoms with Crippen molar-refractivity contribution in [2.75, 3.05) is 14.1 Å². The molecular weight excluding hydrogens is 210 g/mol. The Balaban J connectivity index is 3.18. The maximum Gasteiger partial charge on any atom is 0.128 e. The molecule has 0 spiro atoms. The third-order valence-electron chi connectivity index (χ3n) is 2.92. The molecule has 0 aliphatic carbocycles. The highest BCUT2D eigenvalue weighted by molar-refractivity contribution is 5.25. The molecule has 0 heterocycles. The largest absolute Gasteiger partial charge is 0.313 e. The van der Waals surface area contributed by atoms with Gasteiger partial charge in [-0.3, -0.25) is 0 Å². The normalized spacial score (nSPS) is 13.9. The lowest BCUT2D eigenvalue weighted by atomic mass is 9.88. The van der Waals surface area contributed by atoms with Crippen LogP contribution in [-0.4, -0.2) is 19.6 Å². The van der Waals surface area contributed by atoms with Gasteiger partial charge >= 0.3 is 0 Å². The molecule has 1 atom stereocenters. The van der Waals surface area contributed by atoms with Crippen molar-refractivity contribution in [1.82, 2.24) is 10.6 Å². The van der Waals surface area contributed by atoms with Crippen molar-refractivity contribution in [1.29, 1.82) is 0 Å². The van der Waals surface area contributed by atoms with Crippen molar-refractivity contribution in [3.63, 3.8) is 0 Å². The zero-order valence-corrected chi connectivity index (χ0v) is 10.1. The zero-order chi connectivity index (χ0) is 12.3. The van der Waals surface area contributed by atoms with Gasteiger partial charge in [0.1, 0.15) is 11.6 Å².